The maximum Gasteiger partial charge on any atom is 0.00922 e. The van der Waals surface area contributed by atoms with Crippen molar-refractivity contribution in [3.05, 3.63) is 0 Å². The highest BCUT2D eigenvalue weighted by Gasteiger charge is 2.16. The Balaban J connectivity index is 2.19. The van der Waals surface area contributed by atoms with Crippen LogP contribution in [0.25, 0.3) is 0 Å². The zero-order valence-corrected chi connectivity index (χ0v) is 12.6. The van der Waals surface area contributed by atoms with Crippen LogP contribution in [-0.2, 0) is 0 Å². The summed E-state index contributed by atoms with van der Waals surface area (Å²) in [5, 5.41) is 1.15. The number of hydrogen-bond acceptors (Lipinski definition) is 1. The molecule has 0 aromatic rings. The lowest BCUT2D eigenvalue weighted by Crippen LogP contribution is -2.32. The molecule has 1 aliphatic rings. The van der Waals surface area contributed by atoms with Crippen molar-refractivity contribution in [2.24, 2.45) is 5.92 Å². The van der Waals surface area contributed by atoms with Crippen LogP contribution in [0.4, 0.5) is 0 Å². The molecule has 0 saturated heterocycles. The second kappa shape index (κ2) is 8.52. The fourth-order valence-corrected chi connectivity index (χ4v) is 3.42. The predicted molar refractivity (Wildman–Crippen MR) is 76.3 cm³/mol. The van der Waals surface area contributed by atoms with E-state index in [0.717, 1.165) is 17.3 Å². The molecule has 0 amide bonds. The van der Waals surface area contributed by atoms with Gasteiger partial charge in [0.1, 0.15) is 0 Å². The number of halogens is 1. The van der Waals surface area contributed by atoms with Crippen LogP contribution in [-0.4, -0.2) is 29.9 Å². The molecular formula is C14H28BrN. The normalized spacial score (nSPS) is 21.0. The summed E-state index contributed by atoms with van der Waals surface area (Å²) in [7, 11) is 2.33. The second-order valence-corrected chi connectivity index (χ2v) is 6.29. The monoisotopic (exact) mass is 289 g/mol. The van der Waals surface area contributed by atoms with Crippen LogP contribution in [0.1, 0.15) is 58.3 Å². The molecule has 0 aromatic carbocycles. The first kappa shape index (κ1) is 14.5. The van der Waals surface area contributed by atoms with Gasteiger partial charge in [0.15, 0.2) is 0 Å². The van der Waals surface area contributed by atoms with Gasteiger partial charge in [0, 0.05) is 11.4 Å². The van der Waals surface area contributed by atoms with Gasteiger partial charge in [0.05, 0.1) is 0 Å². The van der Waals surface area contributed by atoms with Gasteiger partial charge in [-0.05, 0) is 45.2 Å². The first-order chi connectivity index (χ1) is 7.74. The summed E-state index contributed by atoms with van der Waals surface area (Å²) in [6.07, 6.45) is 11.4. The molecule has 96 valence electrons. The minimum atomic E-state index is 0.868. The molecule has 1 saturated carbocycles. The molecule has 0 aromatic heterocycles. The lowest BCUT2D eigenvalue weighted by molar-refractivity contribution is 0.207. The molecule has 16 heavy (non-hydrogen) atoms. The maximum atomic E-state index is 3.53. The molecule has 0 N–H and O–H groups in total. The lowest BCUT2D eigenvalue weighted by Gasteiger charge is -2.28. The highest BCUT2D eigenvalue weighted by molar-refractivity contribution is 9.09. The first-order valence-electron chi connectivity index (χ1n) is 7.00. The summed E-state index contributed by atoms with van der Waals surface area (Å²) >= 11 is 3.53. The Kier molecular flexibility index (Phi) is 7.72. The third-order valence-electron chi connectivity index (χ3n) is 4.02. The zero-order valence-electron chi connectivity index (χ0n) is 11.1. The van der Waals surface area contributed by atoms with Gasteiger partial charge >= 0.3 is 0 Å². The van der Waals surface area contributed by atoms with E-state index in [1.165, 1.54) is 57.9 Å². The van der Waals surface area contributed by atoms with E-state index in [-0.39, 0.29) is 0 Å². The van der Waals surface area contributed by atoms with Crippen LogP contribution < -0.4 is 0 Å². The lowest BCUT2D eigenvalue weighted by atomic mass is 10.0. The van der Waals surface area contributed by atoms with E-state index in [2.05, 4.69) is 34.8 Å². The number of hydrogen-bond donors (Lipinski definition) is 0. The maximum absolute atomic E-state index is 3.53. The molecule has 0 aliphatic heterocycles. The van der Waals surface area contributed by atoms with Crippen molar-refractivity contribution in [2.45, 2.75) is 64.3 Å². The molecule has 1 aliphatic carbocycles. The Morgan fingerprint density at radius 2 is 1.75 bits per heavy atom. The fraction of sp³-hybridized carbons (Fsp3) is 1.00. The van der Waals surface area contributed by atoms with Gasteiger partial charge in [0.2, 0.25) is 0 Å². The summed E-state index contributed by atoms with van der Waals surface area (Å²) in [5.74, 6) is 0.868. The van der Waals surface area contributed by atoms with Gasteiger partial charge in [-0.15, -0.1) is 0 Å². The van der Waals surface area contributed by atoms with E-state index in [1.807, 2.05) is 0 Å². The third kappa shape index (κ3) is 5.67. The van der Waals surface area contributed by atoms with E-state index in [9.17, 15) is 0 Å². The SMILES string of the molecule is CC(CCBr)CCN(C)C1CCCCCC1. The van der Waals surface area contributed by atoms with Crippen molar-refractivity contribution < 1.29 is 0 Å². The third-order valence-corrected chi connectivity index (χ3v) is 4.48. The van der Waals surface area contributed by atoms with Gasteiger partial charge in [-0.2, -0.15) is 0 Å². The van der Waals surface area contributed by atoms with Crippen molar-refractivity contribution in [3.8, 4) is 0 Å². The summed E-state index contributed by atoms with van der Waals surface area (Å²) in [4.78, 5) is 2.62. The van der Waals surface area contributed by atoms with Gasteiger partial charge < -0.3 is 4.90 Å². The Hall–Kier alpha value is 0.440. The Labute approximate surface area is 110 Å². The van der Waals surface area contributed by atoms with E-state index in [0.29, 0.717) is 0 Å². The van der Waals surface area contributed by atoms with Crippen LogP contribution in [0, 0.1) is 5.92 Å². The van der Waals surface area contributed by atoms with E-state index < -0.39 is 0 Å². The minimum Gasteiger partial charge on any atom is -0.303 e. The summed E-state index contributed by atoms with van der Waals surface area (Å²) < 4.78 is 0. The Morgan fingerprint density at radius 1 is 1.12 bits per heavy atom. The van der Waals surface area contributed by atoms with Crippen molar-refractivity contribution in [1.82, 2.24) is 4.90 Å². The summed E-state index contributed by atoms with van der Waals surface area (Å²) in [6.45, 7) is 3.67. The standard InChI is InChI=1S/C14H28BrN/c1-13(9-11-15)10-12-16(2)14-7-5-3-4-6-8-14/h13-14H,3-12H2,1-2H3. The minimum absolute atomic E-state index is 0.868. The van der Waals surface area contributed by atoms with Crippen LogP contribution in [0.3, 0.4) is 0 Å². The van der Waals surface area contributed by atoms with Gasteiger partial charge in [0.25, 0.3) is 0 Å². The predicted octanol–water partition coefficient (Wildman–Crippen LogP) is 4.45. The van der Waals surface area contributed by atoms with Crippen LogP contribution in [0.2, 0.25) is 0 Å². The summed E-state index contributed by atoms with van der Waals surface area (Å²) in [5.41, 5.74) is 0. The average molecular weight is 290 g/mol. The molecule has 1 fully saturated rings. The molecular weight excluding hydrogens is 262 g/mol. The molecule has 0 bridgehead atoms. The van der Waals surface area contributed by atoms with Crippen LogP contribution >= 0.6 is 15.9 Å². The molecule has 1 nitrogen and oxygen atoms in total. The zero-order chi connectivity index (χ0) is 11.8. The molecule has 2 heteroatoms. The van der Waals surface area contributed by atoms with Crippen molar-refractivity contribution in [1.29, 1.82) is 0 Å². The topological polar surface area (TPSA) is 3.24 Å². The smallest absolute Gasteiger partial charge is 0.00922 e. The molecule has 0 spiro atoms. The molecule has 1 rings (SSSR count). The molecule has 1 atom stereocenters. The number of nitrogens with zero attached hydrogens (tertiary/aromatic N) is 1. The van der Waals surface area contributed by atoms with E-state index in [4.69, 9.17) is 0 Å². The van der Waals surface area contributed by atoms with Crippen molar-refractivity contribution in [3.63, 3.8) is 0 Å². The first-order valence-corrected chi connectivity index (χ1v) is 8.12. The molecule has 0 heterocycles. The summed E-state index contributed by atoms with van der Waals surface area (Å²) in [6, 6.07) is 0.874. The quantitative estimate of drug-likeness (QED) is 0.516. The van der Waals surface area contributed by atoms with Gasteiger partial charge in [-0.3, -0.25) is 0 Å². The highest BCUT2D eigenvalue weighted by atomic mass is 79.9. The largest absolute Gasteiger partial charge is 0.303 e. The number of rotatable bonds is 6. The van der Waals surface area contributed by atoms with E-state index >= 15 is 0 Å². The Morgan fingerprint density at radius 3 is 2.31 bits per heavy atom. The Bertz CT molecular complexity index is 164. The van der Waals surface area contributed by atoms with Gasteiger partial charge in [-0.1, -0.05) is 48.5 Å². The van der Waals surface area contributed by atoms with Crippen molar-refractivity contribution in [2.75, 3.05) is 18.9 Å². The number of alkyl halides is 1. The second-order valence-electron chi connectivity index (χ2n) is 5.50. The van der Waals surface area contributed by atoms with Gasteiger partial charge in [-0.25, -0.2) is 0 Å². The van der Waals surface area contributed by atoms with Crippen LogP contribution in [0.15, 0.2) is 0 Å². The van der Waals surface area contributed by atoms with Crippen LogP contribution in [0.5, 0.6) is 0 Å². The highest BCUT2D eigenvalue weighted by Crippen LogP contribution is 2.21. The van der Waals surface area contributed by atoms with Crippen molar-refractivity contribution >= 4 is 15.9 Å². The molecule has 1 unspecified atom stereocenters. The fourth-order valence-electron chi connectivity index (χ4n) is 2.64. The molecule has 0 radical (unpaired) electrons. The van der Waals surface area contributed by atoms with E-state index in [1.54, 1.807) is 0 Å². The average Bonchev–Trinajstić information content (AvgIpc) is 2.55.